The molecule has 0 unspecified atom stereocenters. The molecular formula is C10H15NO3S2. The Hall–Kier alpha value is -0.430. The molecule has 1 saturated heterocycles. The van der Waals surface area contributed by atoms with Gasteiger partial charge >= 0.3 is 0 Å². The molecule has 0 aromatic carbocycles. The second-order valence-electron chi connectivity index (χ2n) is 3.96. The standard InChI is InChI=1S/C10H15NO3S2/c1-8-4-5-10(15-8)16(13,14)11-6-2-3-9(11)7-12/h4-5,9,12H,2-3,6-7H2,1H3/t9-/m1/s1. The van der Waals surface area contributed by atoms with Crippen molar-refractivity contribution in [3.05, 3.63) is 17.0 Å². The number of rotatable bonds is 3. The third-order valence-electron chi connectivity index (χ3n) is 2.81. The lowest BCUT2D eigenvalue weighted by molar-refractivity contribution is 0.213. The molecule has 16 heavy (non-hydrogen) atoms. The molecule has 1 aromatic rings. The summed E-state index contributed by atoms with van der Waals surface area (Å²) in [5, 5.41) is 9.15. The highest BCUT2D eigenvalue weighted by molar-refractivity contribution is 7.91. The molecule has 0 amide bonds. The predicted molar refractivity (Wildman–Crippen MR) is 63.1 cm³/mol. The number of nitrogens with zero attached hydrogens (tertiary/aromatic N) is 1. The number of sulfonamides is 1. The van der Waals surface area contributed by atoms with Crippen LogP contribution in [-0.4, -0.2) is 37.0 Å². The first-order valence-electron chi connectivity index (χ1n) is 5.25. The molecule has 0 bridgehead atoms. The molecule has 6 heteroatoms. The van der Waals surface area contributed by atoms with Crippen molar-refractivity contribution in [3.8, 4) is 0 Å². The fourth-order valence-electron chi connectivity index (χ4n) is 1.97. The minimum Gasteiger partial charge on any atom is -0.395 e. The molecule has 1 aromatic heterocycles. The summed E-state index contributed by atoms with van der Waals surface area (Å²) in [5.74, 6) is 0. The Balaban J connectivity index is 2.32. The Bertz CT molecular complexity index is 466. The number of aliphatic hydroxyl groups excluding tert-OH is 1. The molecule has 0 saturated carbocycles. The van der Waals surface area contributed by atoms with Crippen molar-refractivity contribution >= 4 is 21.4 Å². The van der Waals surface area contributed by atoms with Gasteiger partial charge in [0.25, 0.3) is 10.0 Å². The number of hydrogen-bond donors (Lipinski definition) is 1. The maximum atomic E-state index is 12.2. The number of hydrogen-bond acceptors (Lipinski definition) is 4. The lowest BCUT2D eigenvalue weighted by atomic mass is 10.2. The van der Waals surface area contributed by atoms with Gasteiger partial charge < -0.3 is 5.11 Å². The lowest BCUT2D eigenvalue weighted by Gasteiger charge is -2.21. The van der Waals surface area contributed by atoms with E-state index in [1.54, 1.807) is 6.07 Å². The van der Waals surface area contributed by atoms with Crippen LogP contribution in [0.25, 0.3) is 0 Å². The van der Waals surface area contributed by atoms with Crippen LogP contribution in [0.2, 0.25) is 0 Å². The van der Waals surface area contributed by atoms with Crippen LogP contribution in [-0.2, 0) is 10.0 Å². The van der Waals surface area contributed by atoms with Crippen LogP contribution in [0, 0.1) is 6.92 Å². The van der Waals surface area contributed by atoms with Gasteiger partial charge in [-0.3, -0.25) is 0 Å². The van der Waals surface area contributed by atoms with Crippen LogP contribution in [0.1, 0.15) is 17.7 Å². The maximum absolute atomic E-state index is 12.2. The minimum absolute atomic E-state index is 0.0937. The summed E-state index contributed by atoms with van der Waals surface area (Å²) in [7, 11) is -3.39. The van der Waals surface area contributed by atoms with Gasteiger partial charge in [0.15, 0.2) is 0 Å². The van der Waals surface area contributed by atoms with E-state index in [9.17, 15) is 8.42 Å². The Labute approximate surface area is 99.6 Å². The fraction of sp³-hybridized carbons (Fsp3) is 0.600. The van der Waals surface area contributed by atoms with E-state index in [1.807, 2.05) is 13.0 Å². The first-order chi connectivity index (χ1) is 7.55. The van der Waals surface area contributed by atoms with E-state index < -0.39 is 10.0 Å². The number of thiophene rings is 1. The summed E-state index contributed by atoms with van der Waals surface area (Å²) >= 11 is 1.28. The van der Waals surface area contributed by atoms with Crippen molar-refractivity contribution in [1.29, 1.82) is 0 Å². The zero-order valence-corrected chi connectivity index (χ0v) is 10.7. The van der Waals surface area contributed by atoms with Crippen LogP contribution in [0.5, 0.6) is 0 Å². The Morgan fingerprint density at radius 1 is 1.56 bits per heavy atom. The number of aliphatic hydroxyl groups is 1. The molecule has 1 aliphatic rings. The predicted octanol–water partition coefficient (Wildman–Crippen LogP) is 1.20. The molecule has 0 radical (unpaired) electrons. The van der Waals surface area contributed by atoms with Crippen molar-refractivity contribution in [2.75, 3.05) is 13.2 Å². The van der Waals surface area contributed by atoms with E-state index in [-0.39, 0.29) is 12.6 Å². The van der Waals surface area contributed by atoms with Crippen LogP contribution in [0.3, 0.4) is 0 Å². The Morgan fingerprint density at radius 3 is 2.88 bits per heavy atom. The maximum Gasteiger partial charge on any atom is 0.252 e. The molecule has 4 nitrogen and oxygen atoms in total. The summed E-state index contributed by atoms with van der Waals surface area (Å²) in [5.41, 5.74) is 0. The lowest BCUT2D eigenvalue weighted by Crippen LogP contribution is -2.37. The van der Waals surface area contributed by atoms with Gasteiger partial charge in [0.2, 0.25) is 0 Å². The van der Waals surface area contributed by atoms with E-state index in [2.05, 4.69) is 0 Å². The highest BCUT2D eigenvalue weighted by Crippen LogP contribution is 2.29. The molecule has 2 heterocycles. The zero-order valence-electron chi connectivity index (χ0n) is 9.09. The summed E-state index contributed by atoms with van der Waals surface area (Å²) in [4.78, 5) is 0.985. The summed E-state index contributed by atoms with van der Waals surface area (Å²) in [6, 6.07) is 3.20. The molecule has 90 valence electrons. The van der Waals surface area contributed by atoms with Crippen molar-refractivity contribution in [2.45, 2.75) is 30.0 Å². The third-order valence-corrected chi connectivity index (χ3v) is 6.23. The first kappa shape index (κ1) is 12.0. The van der Waals surface area contributed by atoms with Gasteiger partial charge in [-0.15, -0.1) is 11.3 Å². The van der Waals surface area contributed by atoms with Gasteiger partial charge in [0.1, 0.15) is 4.21 Å². The number of aryl methyl sites for hydroxylation is 1. The molecule has 1 fully saturated rings. The van der Waals surface area contributed by atoms with E-state index >= 15 is 0 Å². The van der Waals surface area contributed by atoms with Gasteiger partial charge in [-0.05, 0) is 31.9 Å². The zero-order chi connectivity index (χ0) is 11.8. The van der Waals surface area contributed by atoms with Gasteiger partial charge in [-0.25, -0.2) is 8.42 Å². The minimum atomic E-state index is -3.39. The van der Waals surface area contributed by atoms with Crippen molar-refractivity contribution in [2.24, 2.45) is 0 Å². The highest BCUT2D eigenvalue weighted by atomic mass is 32.2. The molecule has 0 aliphatic carbocycles. The second kappa shape index (κ2) is 4.44. The molecular weight excluding hydrogens is 246 g/mol. The third kappa shape index (κ3) is 2.02. The first-order valence-corrected chi connectivity index (χ1v) is 7.50. The summed E-state index contributed by atoms with van der Waals surface area (Å²) < 4.78 is 26.3. The monoisotopic (exact) mass is 261 g/mol. The average molecular weight is 261 g/mol. The quantitative estimate of drug-likeness (QED) is 0.889. The fourth-order valence-corrected chi connectivity index (χ4v) is 5.07. The topological polar surface area (TPSA) is 57.6 Å². The van der Waals surface area contributed by atoms with E-state index in [4.69, 9.17) is 5.11 Å². The van der Waals surface area contributed by atoms with E-state index in [0.717, 1.165) is 17.7 Å². The van der Waals surface area contributed by atoms with E-state index in [1.165, 1.54) is 15.6 Å². The second-order valence-corrected chi connectivity index (χ2v) is 7.36. The van der Waals surface area contributed by atoms with Crippen molar-refractivity contribution < 1.29 is 13.5 Å². The highest BCUT2D eigenvalue weighted by Gasteiger charge is 2.35. The van der Waals surface area contributed by atoms with Crippen LogP contribution in [0.4, 0.5) is 0 Å². The largest absolute Gasteiger partial charge is 0.395 e. The SMILES string of the molecule is Cc1ccc(S(=O)(=O)N2CCC[C@@H]2CO)s1. The Kier molecular flexibility index (Phi) is 3.34. The molecule has 1 N–H and O–H groups in total. The van der Waals surface area contributed by atoms with Gasteiger partial charge in [0, 0.05) is 17.5 Å². The molecule has 1 aliphatic heterocycles. The summed E-state index contributed by atoms with van der Waals surface area (Å²) in [6.07, 6.45) is 1.58. The van der Waals surface area contributed by atoms with E-state index in [0.29, 0.717) is 10.8 Å². The smallest absolute Gasteiger partial charge is 0.252 e. The van der Waals surface area contributed by atoms with Gasteiger partial charge in [0.05, 0.1) is 6.61 Å². The molecule has 2 rings (SSSR count). The van der Waals surface area contributed by atoms with Crippen molar-refractivity contribution in [1.82, 2.24) is 4.31 Å². The van der Waals surface area contributed by atoms with Gasteiger partial charge in [-0.1, -0.05) is 0 Å². The van der Waals surface area contributed by atoms with Crippen LogP contribution >= 0.6 is 11.3 Å². The summed E-state index contributed by atoms with van der Waals surface area (Å²) in [6.45, 7) is 2.31. The normalized spacial score (nSPS) is 22.8. The molecule has 0 spiro atoms. The van der Waals surface area contributed by atoms with Crippen molar-refractivity contribution in [3.63, 3.8) is 0 Å². The van der Waals surface area contributed by atoms with Crippen LogP contribution in [0.15, 0.2) is 16.3 Å². The molecule has 1 atom stereocenters. The van der Waals surface area contributed by atoms with Gasteiger partial charge in [-0.2, -0.15) is 4.31 Å². The average Bonchev–Trinajstić information content (AvgIpc) is 2.85. The Morgan fingerprint density at radius 2 is 2.31 bits per heavy atom. The van der Waals surface area contributed by atoms with Crippen LogP contribution < -0.4 is 0 Å².